The first-order valence-corrected chi connectivity index (χ1v) is 11.3. The van der Waals surface area contributed by atoms with Gasteiger partial charge in [-0.2, -0.15) is 0 Å². The van der Waals surface area contributed by atoms with Crippen molar-refractivity contribution in [1.29, 1.82) is 0 Å². The van der Waals surface area contributed by atoms with E-state index >= 15 is 0 Å². The van der Waals surface area contributed by atoms with Crippen LogP contribution in [-0.4, -0.2) is 69.6 Å². The zero-order valence-electron chi connectivity index (χ0n) is 18.5. The second kappa shape index (κ2) is 8.98. The summed E-state index contributed by atoms with van der Waals surface area (Å²) in [6.07, 6.45) is 7.01. The van der Waals surface area contributed by atoms with Crippen molar-refractivity contribution in [2.75, 3.05) is 49.1 Å². The van der Waals surface area contributed by atoms with E-state index in [-0.39, 0.29) is 5.92 Å². The summed E-state index contributed by atoms with van der Waals surface area (Å²) in [5, 5.41) is 0. The van der Waals surface area contributed by atoms with E-state index < -0.39 is 0 Å². The first kappa shape index (κ1) is 20.5. The maximum Gasteiger partial charge on any atom is 0.225 e. The molecule has 0 unspecified atom stereocenters. The van der Waals surface area contributed by atoms with Gasteiger partial charge in [-0.1, -0.05) is 18.2 Å². The number of amides is 1. The number of carbonyl (C=O) groups is 1. The summed E-state index contributed by atoms with van der Waals surface area (Å²) >= 11 is 0. The van der Waals surface area contributed by atoms with Crippen LogP contribution in [0.3, 0.4) is 0 Å². The first-order valence-electron chi connectivity index (χ1n) is 11.3. The minimum Gasteiger partial charge on any atom is -0.368 e. The molecule has 2 saturated heterocycles. The number of rotatable bonds is 4. The van der Waals surface area contributed by atoms with Gasteiger partial charge in [-0.15, -0.1) is 0 Å². The van der Waals surface area contributed by atoms with E-state index in [2.05, 4.69) is 53.9 Å². The Morgan fingerprint density at radius 2 is 1.59 bits per heavy atom. The number of nitrogens with zero attached hydrogens (tertiary/aromatic N) is 7. The number of hydrogen-bond acceptors (Lipinski definition) is 6. The molecule has 0 spiro atoms. The van der Waals surface area contributed by atoms with Crippen molar-refractivity contribution >= 4 is 17.4 Å². The molecule has 166 valence electrons. The van der Waals surface area contributed by atoms with Crippen LogP contribution in [0.4, 0.5) is 11.5 Å². The van der Waals surface area contributed by atoms with Gasteiger partial charge in [0.05, 0.1) is 0 Å². The first-order chi connectivity index (χ1) is 15.7. The molecule has 0 aliphatic carbocycles. The predicted molar refractivity (Wildman–Crippen MR) is 124 cm³/mol. The molecule has 0 atom stereocenters. The summed E-state index contributed by atoms with van der Waals surface area (Å²) < 4.78 is 1.95. The Kier molecular flexibility index (Phi) is 5.75. The SMILES string of the molecule is Cc1nccn1-c1cc(N2CCC(C(=O)N3CCN(c4ccccc4)CC3)CC2)ncn1. The Balaban J connectivity index is 1.16. The zero-order valence-corrected chi connectivity index (χ0v) is 18.5. The van der Waals surface area contributed by atoms with Crippen LogP contribution < -0.4 is 9.80 Å². The highest BCUT2D eigenvalue weighted by Crippen LogP contribution is 2.25. The molecule has 5 rings (SSSR count). The van der Waals surface area contributed by atoms with Crippen LogP contribution in [0, 0.1) is 12.8 Å². The summed E-state index contributed by atoms with van der Waals surface area (Å²) in [5.74, 6) is 3.04. The number of aryl methyl sites for hydroxylation is 1. The fourth-order valence-corrected chi connectivity index (χ4v) is 4.70. The Hall–Kier alpha value is -3.42. The number of carbonyl (C=O) groups excluding carboxylic acids is 1. The van der Waals surface area contributed by atoms with Gasteiger partial charge < -0.3 is 14.7 Å². The van der Waals surface area contributed by atoms with Gasteiger partial charge in [-0.25, -0.2) is 15.0 Å². The van der Waals surface area contributed by atoms with Crippen LogP contribution in [-0.2, 0) is 4.79 Å². The van der Waals surface area contributed by atoms with E-state index in [1.807, 2.05) is 29.8 Å². The lowest BCUT2D eigenvalue weighted by atomic mass is 9.95. The highest BCUT2D eigenvalue weighted by Gasteiger charge is 2.31. The number of benzene rings is 1. The maximum atomic E-state index is 13.1. The van der Waals surface area contributed by atoms with Crippen LogP contribution in [0.2, 0.25) is 0 Å². The smallest absolute Gasteiger partial charge is 0.225 e. The van der Waals surface area contributed by atoms with Gasteiger partial charge in [0.2, 0.25) is 5.91 Å². The van der Waals surface area contributed by atoms with Crippen molar-refractivity contribution in [1.82, 2.24) is 24.4 Å². The maximum absolute atomic E-state index is 13.1. The van der Waals surface area contributed by atoms with Crippen LogP contribution >= 0.6 is 0 Å². The van der Waals surface area contributed by atoms with Gasteiger partial charge in [-0.05, 0) is 31.9 Å². The third kappa shape index (κ3) is 4.17. The number of piperazine rings is 1. The van der Waals surface area contributed by atoms with Gasteiger partial charge in [0, 0.05) is 69.3 Å². The highest BCUT2D eigenvalue weighted by molar-refractivity contribution is 5.79. The van der Waals surface area contributed by atoms with Crippen LogP contribution in [0.1, 0.15) is 18.7 Å². The summed E-state index contributed by atoms with van der Waals surface area (Å²) in [6, 6.07) is 12.5. The minimum absolute atomic E-state index is 0.103. The van der Waals surface area contributed by atoms with Crippen LogP contribution in [0.5, 0.6) is 0 Å². The molecule has 32 heavy (non-hydrogen) atoms. The van der Waals surface area contributed by atoms with Gasteiger partial charge in [0.15, 0.2) is 0 Å². The van der Waals surface area contributed by atoms with E-state index in [0.29, 0.717) is 5.91 Å². The van der Waals surface area contributed by atoms with Crippen molar-refractivity contribution in [2.45, 2.75) is 19.8 Å². The molecule has 0 bridgehead atoms. The number of para-hydroxylation sites is 1. The van der Waals surface area contributed by atoms with Crippen molar-refractivity contribution in [3.05, 3.63) is 60.9 Å². The second-order valence-corrected chi connectivity index (χ2v) is 8.49. The Bertz CT molecular complexity index is 1050. The lowest BCUT2D eigenvalue weighted by Gasteiger charge is -2.39. The molecule has 8 nitrogen and oxygen atoms in total. The Morgan fingerprint density at radius 1 is 0.875 bits per heavy atom. The number of hydrogen-bond donors (Lipinski definition) is 0. The third-order valence-electron chi connectivity index (χ3n) is 6.59. The molecule has 0 saturated carbocycles. The molecule has 4 heterocycles. The predicted octanol–water partition coefficient (Wildman–Crippen LogP) is 2.54. The minimum atomic E-state index is 0.103. The molecule has 2 aliphatic heterocycles. The van der Waals surface area contributed by atoms with E-state index in [9.17, 15) is 4.79 Å². The lowest BCUT2D eigenvalue weighted by Crippen LogP contribution is -2.51. The quantitative estimate of drug-likeness (QED) is 0.632. The Morgan fingerprint density at radius 3 is 2.28 bits per heavy atom. The third-order valence-corrected chi connectivity index (χ3v) is 6.59. The van der Waals surface area contributed by atoms with Crippen molar-refractivity contribution in [3.63, 3.8) is 0 Å². The number of piperidine rings is 1. The topological polar surface area (TPSA) is 70.4 Å². The van der Waals surface area contributed by atoms with Crippen LogP contribution in [0.25, 0.3) is 5.82 Å². The van der Waals surface area contributed by atoms with Crippen molar-refractivity contribution in [3.8, 4) is 5.82 Å². The molecule has 0 N–H and O–H groups in total. The normalized spacial score (nSPS) is 17.6. The fourth-order valence-electron chi connectivity index (χ4n) is 4.70. The highest BCUT2D eigenvalue weighted by atomic mass is 16.2. The molecule has 2 aliphatic rings. The average molecular weight is 432 g/mol. The van der Waals surface area contributed by atoms with Gasteiger partial charge >= 0.3 is 0 Å². The number of anilines is 2. The molecule has 3 aromatic rings. The second-order valence-electron chi connectivity index (χ2n) is 8.49. The van der Waals surface area contributed by atoms with Crippen molar-refractivity contribution in [2.24, 2.45) is 5.92 Å². The summed E-state index contributed by atoms with van der Waals surface area (Å²) in [7, 11) is 0. The van der Waals surface area contributed by atoms with Gasteiger partial charge in [0.1, 0.15) is 23.8 Å². The van der Waals surface area contributed by atoms with E-state index in [1.54, 1.807) is 12.5 Å². The van der Waals surface area contributed by atoms with Gasteiger partial charge in [-0.3, -0.25) is 9.36 Å². The zero-order chi connectivity index (χ0) is 21.9. The summed E-state index contributed by atoms with van der Waals surface area (Å²) in [4.78, 5) is 33.0. The van der Waals surface area contributed by atoms with Crippen molar-refractivity contribution < 1.29 is 4.79 Å². The van der Waals surface area contributed by atoms with E-state index in [0.717, 1.165) is 69.6 Å². The summed E-state index contributed by atoms with van der Waals surface area (Å²) in [6.45, 7) is 7.01. The molecule has 1 aromatic carbocycles. The van der Waals surface area contributed by atoms with Crippen LogP contribution in [0.15, 0.2) is 55.1 Å². The molecular weight excluding hydrogens is 402 g/mol. The molecule has 2 fully saturated rings. The standard InChI is InChI=1S/C24H29N7O/c1-19-25-9-12-31(19)23-17-22(26-18-27-23)29-10-7-20(8-11-29)24(32)30-15-13-28(14-16-30)21-5-3-2-4-6-21/h2-6,9,12,17-18,20H,7-8,10-11,13-16H2,1H3. The lowest BCUT2D eigenvalue weighted by molar-refractivity contribution is -0.136. The molecule has 8 heteroatoms. The van der Waals surface area contributed by atoms with E-state index in [4.69, 9.17) is 0 Å². The average Bonchev–Trinajstić information content (AvgIpc) is 3.30. The Labute approximate surface area is 188 Å². The number of imidazole rings is 1. The molecule has 2 aromatic heterocycles. The van der Waals surface area contributed by atoms with E-state index in [1.165, 1.54) is 5.69 Å². The molecular formula is C24H29N7O. The van der Waals surface area contributed by atoms with Gasteiger partial charge in [0.25, 0.3) is 0 Å². The number of aromatic nitrogens is 4. The fraction of sp³-hybridized carbons (Fsp3) is 0.417. The largest absolute Gasteiger partial charge is 0.368 e. The molecule has 1 amide bonds. The summed E-state index contributed by atoms with van der Waals surface area (Å²) in [5.41, 5.74) is 1.24. The monoisotopic (exact) mass is 431 g/mol. The molecule has 0 radical (unpaired) electrons.